The summed E-state index contributed by atoms with van der Waals surface area (Å²) < 4.78 is 16.9. The summed E-state index contributed by atoms with van der Waals surface area (Å²) in [5.74, 6) is 1.61. The van der Waals surface area contributed by atoms with Crippen LogP contribution in [0, 0.1) is 6.92 Å². The van der Waals surface area contributed by atoms with Crippen molar-refractivity contribution in [2.45, 2.75) is 58.9 Å². The van der Waals surface area contributed by atoms with Crippen LogP contribution in [0.1, 0.15) is 43.6 Å². The predicted molar refractivity (Wildman–Crippen MR) is 128 cm³/mol. The van der Waals surface area contributed by atoms with E-state index in [-0.39, 0.29) is 12.6 Å². The van der Waals surface area contributed by atoms with Crippen molar-refractivity contribution in [2.24, 2.45) is 0 Å². The summed E-state index contributed by atoms with van der Waals surface area (Å²) in [7, 11) is 0. The Kier molecular flexibility index (Phi) is 7.85. The SMILES string of the molecule is Cc1cccc(-c2noc(N3CCCC3)c2CN(CC(O)COCc2ccco2)C(C)C)c1. The molecule has 1 saturated heterocycles. The second kappa shape index (κ2) is 11.0. The fourth-order valence-electron chi connectivity index (χ4n) is 4.31. The van der Waals surface area contributed by atoms with Crippen LogP contribution in [0.3, 0.4) is 0 Å². The average molecular weight is 454 g/mol. The van der Waals surface area contributed by atoms with E-state index in [9.17, 15) is 5.11 Å². The quantitative estimate of drug-likeness (QED) is 0.454. The highest BCUT2D eigenvalue weighted by Crippen LogP contribution is 2.34. The lowest BCUT2D eigenvalue weighted by molar-refractivity contribution is -0.00113. The van der Waals surface area contributed by atoms with Gasteiger partial charge in [-0.3, -0.25) is 4.90 Å². The fraction of sp³-hybridized carbons (Fsp3) is 0.500. The molecule has 1 aromatic carbocycles. The van der Waals surface area contributed by atoms with Gasteiger partial charge in [0.1, 0.15) is 18.1 Å². The zero-order chi connectivity index (χ0) is 23.2. The van der Waals surface area contributed by atoms with Crippen LogP contribution >= 0.6 is 0 Å². The van der Waals surface area contributed by atoms with Crippen LogP contribution < -0.4 is 4.90 Å². The Morgan fingerprint density at radius 1 is 1.18 bits per heavy atom. The molecule has 0 amide bonds. The van der Waals surface area contributed by atoms with E-state index >= 15 is 0 Å². The summed E-state index contributed by atoms with van der Waals surface area (Å²) in [6.45, 7) is 10.1. The van der Waals surface area contributed by atoms with Crippen molar-refractivity contribution in [2.75, 3.05) is 31.1 Å². The smallest absolute Gasteiger partial charge is 0.232 e. The number of rotatable bonds is 11. The van der Waals surface area contributed by atoms with Gasteiger partial charge in [-0.1, -0.05) is 28.9 Å². The lowest BCUT2D eigenvalue weighted by atomic mass is 10.0. The van der Waals surface area contributed by atoms with Crippen LogP contribution in [0.4, 0.5) is 5.88 Å². The van der Waals surface area contributed by atoms with Crippen molar-refractivity contribution < 1.29 is 18.8 Å². The van der Waals surface area contributed by atoms with Gasteiger partial charge in [0.05, 0.1) is 24.5 Å². The summed E-state index contributed by atoms with van der Waals surface area (Å²) in [6, 6.07) is 12.3. The first kappa shape index (κ1) is 23.5. The van der Waals surface area contributed by atoms with Crippen molar-refractivity contribution in [1.29, 1.82) is 0 Å². The van der Waals surface area contributed by atoms with E-state index in [1.54, 1.807) is 6.26 Å². The molecule has 7 heteroatoms. The number of hydrogen-bond donors (Lipinski definition) is 1. The molecule has 2 aromatic heterocycles. The molecule has 0 spiro atoms. The number of aromatic nitrogens is 1. The number of hydrogen-bond acceptors (Lipinski definition) is 7. The molecule has 1 N–H and O–H groups in total. The van der Waals surface area contributed by atoms with E-state index in [2.05, 4.69) is 60.0 Å². The number of aliphatic hydroxyl groups excluding tert-OH is 1. The predicted octanol–water partition coefficient (Wildman–Crippen LogP) is 4.63. The molecule has 3 heterocycles. The standard InChI is InChI=1S/C26H35N3O4/c1-19(2)29(15-22(30)17-31-18-23-10-7-13-32-23)16-24-25(21-9-6-8-20(3)14-21)27-33-26(24)28-11-4-5-12-28/h6-10,13-14,19,22,30H,4-5,11-12,15-18H2,1-3H3. The number of furan rings is 1. The topological polar surface area (TPSA) is 75.1 Å². The molecule has 4 rings (SSSR count). The average Bonchev–Trinajstić information content (AvgIpc) is 3.55. The Hall–Kier alpha value is -2.61. The fourth-order valence-corrected chi connectivity index (χ4v) is 4.31. The van der Waals surface area contributed by atoms with E-state index in [1.807, 2.05) is 12.1 Å². The lowest BCUT2D eigenvalue weighted by Crippen LogP contribution is -2.39. The third-order valence-electron chi connectivity index (χ3n) is 6.12. The minimum atomic E-state index is -0.611. The minimum Gasteiger partial charge on any atom is -0.467 e. The normalized spacial score (nSPS) is 15.2. The highest BCUT2D eigenvalue weighted by Gasteiger charge is 2.27. The molecular formula is C26H35N3O4. The molecular weight excluding hydrogens is 418 g/mol. The second-order valence-corrected chi connectivity index (χ2v) is 9.15. The number of aliphatic hydroxyl groups is 1. The number of anilines is 1. The van der Waals surface area contributed by atoms with Gasteiger partial charge < -0.3 is 23.7 Å². The summed E-state index contributed by atoms with van der Waals surface area (Å²) in [6.07, 6.45) is 3.34. The van der Waals surface area contributed by atoms with Gasteiger partial charge in [0, 0.05) is 37.8 Å². The molecule has 1 unspecified atom stereocenters. The molecule has 0 radical (unpaired) electrons. The molecule has 1 fully saturated rings. The molecule has 0 saturated carbocycles. The van der Waals surface area contributed by atoms with Crippen LogP contribution in [0.25, 0.3) is 11.3 Å². The first-order valence-corrected chi connectivity index (χ1v) is 11.8. The van der Waals surface area contributed by atoms with Gasteiger partial charge in [-0.2, -0.15) is 0 Å². The monoisotopic (exact) mass is 453 g/mol. The molecule has 33 heavy (non-hydrogen) atoms. The van der Waals surface area contributed by atoms with Crippen LogP contribution in [-0.2, 0) is 17.9 Å². The van der Waals surface area contributed by atoms with Crippen molar-refractivity contribution >= 4 is 5.88 Å². The van der Waals surface area contributed by atoms with Crippen LogP contribution in [-0.4, -0.2) is 53.6 Å². The minimum absolute atomic E-state index is 0.233. The van der Waals surface area contributed by atoms with Crippen LogP contribution in [0.5, 0.6) is 0 Å². The Labute approximate surface area is 195 Å². The highest BCUT2D eigenvalue weighted by atomic mass is 16.5. The van der Waals surface area contributed by atoms with Gasteiger partial charge in [0.2, 0.25) is 5.88 Å². The number of benzene rings is 1. The Morgan fingerprint density at radius 2 is 2.00 bits per heavy atom. The van der Waals surface area contributed by atoms with Gasteiger partial charge in [0.25, 0.3) is 0 Å². The van der Waals surface area contributed by atoms with Gasteiger partial charge in [-0.25, -0.2) is 0 Å². The van der Waals surface area contributed by atoms with E-state index < -0.39 is 6.10 Å². The van der Waals surface area contributed by atoms with E-state index in [0.29, 0.717) is 19.7 Å². The van der Waals surface area contributed by atoms with E-state index in [0.717, 1.165) is 41.6 Å². The Bertz CT molecular complexity index is 993. The zero-order valence-electron chi connectivity index (χ0n) is 19.9. The lowest BCUT2D eigenvalue weighted by Gasteiger charge is -2.29. The number of ether oxygens (including phenoxy) is 1. The first-order chi connectivity index (χ1) is 16.0. The van der Waals surface area contributed by atoms with Crippen LogP contribution in [0.15, 0.2) is 51.6 Å². The van der Waals surface area contributed by atoms with Gasteiger partial charge >= 0.3 is 0 Å². The summed E-state index contributed by atoms with van der Waals surface area (Å²) in [5, 5.41) is 15.2. The van der Waals surface area contributed by atoms with E-state index in [1.165, 1.54) is 18.4 Å². The van der Waals surface area contributed by atoms with Crippen molar-refractivity contribution in [3.05, 3.63) is 59.5 Å². The number of aryl methyl sites for hydroxylation is 1. The zero-order valence-corrected chi connectivity index (χ0v) is 19.9. The van der Waals surface area contributed by atoms with Gasteiger partial charge in [-0.05, 0) is 51.8 Å². The molecule has 7 nitrogen and oxygen atoms in total. The maximum absolute atomic E-state index is 10.7. The molecule has 3 aromatic rings. The summed E-state index contributed by atoms with van der Waals surface area (Å²) >= 11 is 0. The molecule has 178 valence electrons. The van der Waals surface area contributed by atoms with Crippen molar-refractivity contribution in [3.63, 3.8) is 0 Å². The van der Waals surface area contributed by atoms with Crippen molar-refractivity contribution in [3.8, 4) is 11.3 Å². The summed E-state index contributed by atoms with van der Waals surface area (Å²) in [5.41, 5.74) is 4.22. The highest BCUT2D eigenvalue weighted by molar-refractivity contribution is 5.69. The Morgan fingerprint density at radius 3 is 2.70 bits per heavy atom. The molecule has 0 bridgehead atoms. The third-order valence-corrected chi connectivity index (χ3v) is 6.12. The molecule has 0 aliphatic carbocycles. The van der Waals surface area contributed by atoms with Crippen LogP contribution in [0.2, 0.25) is 0 Å². The summed E-state index contributed by atoms with van der Waals surface area (Å²) in [4.78, 5) is 4.55. The maximum Gasteiger partial charge on any atom is 0.232 e. The van der Waals surface area contributed by atoms with Gasteiger partial charge in [0.15, 0.2) is 0 Å². The maximum atomic E-state index is 10.7. The first-order valence-electron chi connectivity index (χ1n) is 11.8. The molecule has 1 aliphatic heterocycles. The Balaban J connectivity index is 1.50. The molecule has 1 aliphatic rings. The second-order valence-electron chi connectivity index (χ2n) is 9.15. The van der Waals surface area contributed by atoms with E-state index in [4.69, 9.17) is 13.7 Å². The number of nitrogens with zero attached hydrogens (tertiary/aromatic N) is 3. The molecule has 1 atom stereocenters. The van der Waals surface area contributed by atoms with Crippen molar-refractivity contribution in [1.82, 2.24) is 10.1 Å². The van der Waals surface area contributed by atoms with Gasteiger partial charge in [-0.15, -0.1) is 0 Å². The largest absolute Gasteiger partial charge is 0.467 e. The third kappa shape index (κ3) is 6.05.